The normalized spacial score (nSPS) is 14.4. The minimum Gasteiger partial charge on any atom is -0.267 e. The molecule has 0 fully saturated rings. The molecule has 5 unspecified atom stereocenters. The van der Waals surface area contributed by atoms with Crippen molar-refractivity contribution in [3.8, 4) is 23.7 Å². The van der Waals surface area contributed by atoms with Crippen molar-refractivity contribution < 1.29 is 139 Å². The van der Waals surface area contributed by atoms with Crippen molar-refractivity contribution in [3.05, 3.63) is 135 Å². The molecule has 0 aliphatic rings. The molecule has 44 heteroatoms. The first-order valence-electron chi connectivity index (χ1n) is 24.4. The van der Waals surface area contributed by atoms with E-state index in [1.165, 1.54) is 65.8 Å². The van der Waals surface area contributed by atoms with Crippen LogP contribution in [0.2, 0.25) is 0 Å². The van der Waals surface area contributed by atoms with Gasteiger partial charge in [-0.25, -0.2) is 0 Å². The van der Waals surface area contributed by atoms with Crippen LogP contribution in [0.3, 0.4) is 0 Å². The van der Waals surface area contributed by atoms with Gasteiger partial charge in [0.1, 0.15) is 41.7 Å². The summed E-state index contributed by atoms with van der Waals surface area (Å²) in [5.41, 5.74) is -2.66. The number of hydrogen-bond donors (Lipinski definition) is 0. The minimum absolute atomic E-state index is 0.285. The topological polar surface area (TPSA) is 477 Å². The van der Waals surface area contributed by atoms with Crippen molar-refractivity contribution in [2.24, 2.45) is 0 Å². The molecule has 0 heterocycles. The molecule has 0 amide bonds. The third kappa shape index (κ3) is 49.8. The second-order valence-electron chi connectivity index (χ2n) is 17.3. The maximum atomic E-state index is 11.6. The summed E-state index contributed by atoms with van der Waals surface area (Å²) in [6, 6.07) is 0. The monoisotopic (exact) mass is 1530 g/mol. The number of rotatable bonds is 43. The third-order valence-corrected chi connectivity index (χ3v) is 19.6. The Balaban J connectivity index is -0.000000566. The molecule has 0 saturated heterocycles. The molecule has 0 aliphatic heterocycles. The highest BCUT2D eigenvalue weighted by Crippen LogP contribution is 2.19. The molecule has 0 N–H and O–H groups in total. The second kappa shape index (κ2) is 41.3. The van der Waals surface area contributed by atoms with Gasteiger partial charge in [-0.05, 0) is 41.5 Å². The van der Waals surface area contributed by atoms with Crippen LogP contribution >= 0.6 is 0 Å². The van der Waals surface area contributed by atoms with Crippen LogP contribution in [0.5, 0.6) is 0 Å². The molecule has 33 nitrogen and oxygen atoms in total. The zero-order valence-electron chi connectivity index (χ0n) is 50.3. The first kappa shape index (κ1) is 93.7. The lowest BCUT2D eigenvalue weighted by Gasteiger charge is -2.24. The zero-order chi connectivity index (χ0) is 73.1. The summed E-state index contributed by atoms with van der Waals surface area (Å²) in [5, 5.41) is 2.98. The van der Waals surface area contributed by atoms with Crippen LogP contribution in [0.4, 0.5) is 0 Å². The van der Waals surface area contributed by atoms with Crippen molar-refractivity contribution >= 4 is 111 Å². The second-order valence-corrected chi connectivity index (χ2v) is 34.6. The van der Waals surface area contributed by atoms with Crippen molar-refractivity contribution in [2.75, 3.05) is 49.4 Å². The fraction of sp³-hybridized carbons (Fsp3) is 0.458. The summed E-state index contributed by atoms with van der Waals surface area (Å²) in [6.45, 7) is 39.4. The van der Waals surface area contributed by atoms with Crippen LogP contribution in [0.15, 0.2) is 135 Å². The van der Waals surface area contributed by atoms with Gasteiger partial charge in [-0.15, -0.1) is 26.3 Å². The van der Waals surface area contributed by atoms with Gasteiger partial charge in [0.25, 0.3) is 111 Å². The van der Waals surface area contributed by atoms with Gasteiger partial charge in [0, 0.05) is 6.42 Å². The average molecular weight is 1530 g/mol. The van der Waals surface area contributed by atoms with E-state index in [9.17, 15) is 92.6 Å². The van der Waals surface area contributed by atoms with E-state index in [0.717, 1.165) is 0 Å². The SMILES string of the molecule is C=CCS(=O)(=O)OC(C)(C)C#CC(C)(C)OS(=O)(=O)CC=C.C=CCS(=O)(=O)OC(C)C#CC(C)OS(=O)(=O)CC=C.C=CS(=O)(=O)OCC(OS(=O)(=O)C=C)C(COS(=O)(=O)C=C)OS(=O)(=O)C=C.C=CS(=O)(=O)OCCC(COS(=O)(=O)C=C)OS(=O)(=O)C=C. The van der Waals surface area contributed by atoms with Gasteiger partial charge < -0.3 is 0 Å². The molecule has 0 aliphatic carbocycles. The summed E-state index contributed by atoms with van der Waals surface area (Å²) in [6.07, 6.45) is -2.63. The molecule has 530 valence electrons. The van der Waals surface area contributed by atoms with Crippen LogP contribution in [0, 0.1) is 23.7 Å². The summed E-state index contributed by atoms with van der Waals surface area (Å²) >= 11 is 0. The molecule has 0 rings (SSSR count). The predicted octanol–water partition coefficient (Wildman–Crippen LogP) is 2.34. The van der Waals surface area contributed by atoms with Gasteiger partial charge in [-0.3, -0.25) is 46.0 Å². The van der Waals surface area contributed by atoms with Gasteiger partial charge in [0.2, 0.25) is 0 Å². The lowest BCUT2D eigenvalue weighted by molar-refractivity contribution is 0.0106. The van der Waals surface area contributed by atoms with Crippen molar-refractivity contribution in [1.29, 1.82) is 0 Å². The lowest BCUT2D eigenvalue weighted by atomic mass is 10.1. The van der Waals surface area contributed by atoms with Crippen molar-refractivity contribution in [1.82, 2.24) is 0 Å². The molecule has 0 aromatic heterocycles. The van der Waals surface area contributed by atoms with Gasteiger partial charge >= 0.3 is 0 Å². The highest BCUT2D eigenvalue weighted by Gasteiger charge is 2.35. The van der Waals surface area contributed by atoms with Crippen LogP contribution in [0.25, 0.3) is 0 Å². The molecule has 0 bridgehead atoms. The van der Waals surface area contributed by atoms with E-state index in [4.69, 9.17) is 16.7 Å². The average Bonchev–Trinajstić information content (AvgIpc) is 0.885. The Kier molecular flexibility index (Phi) is 42.0. The highest BCUT2D eigenvalue weighted by atomic mass is 32.3. The van der Waals surface area contributed by atoms with Crippen LogP contribution in [-0.4, -0.2) is 184 Å². The van der Waals surface area contributed by atoms with Crippen LogP contribution in [0.1, 0.15) is 48.0 Å². The van der Waals surface area contributed by atoms with Crippen molar-refractivity contribution in [2.45, 2.75) is 89.7 Å². The predicted molar refractivity (Wildman–Crippen MR) is 340 cm³/mol. The highest BCUT2D eigenvalue weighted by molar-refractivity contribution is 7.91. The third-order valence-electron chi connectivity index (χ3n) is 8.22. The maximum Gasteiger partial charge on any atom is 0.289 e. The maximum absolute atomic E-state index is 11.6. The van der Waals surface area contributed by atoms with Crippen LogP contribution in [-0.2, 0) is 157 Å². The quantitative estimate of drug-likeness (QED) is 0.0480. The summed E-state index contributed by atoms with van der Waals surface area (Å²) in [7, 11) is -44.9. The van der Waals surface area contributed by atoms with E-state index in [0.29, 0.717) is 37.9 Å². The fourth-order valence-corrected chi connectivity index (χ4v) is 11.9. The summed E-state index contributed by atoms with van der Waals surface area (Å²) in [4.78, 5) is 0. The zero-order valence-corrected chi connectivity index (χ0v) is 59.3. The summed E-state index contributed by atoms with van der Waals surface area (Å²) in [5.74, 6) is 8.75. The molecular formula is C48H74O33S11. The first-order chi connectivity index (χ1) is 41.4. The van der Waals surface area contributed by atoms with Gasteiger partial charge in [-0.1, -0.05) is 94.0 Å². The first-order valence-corrected chi connectivity index (χ1v) is 41.0. The Morgan fingerprint density at radius 1 is 0.337 bits per heavy atom. The van der Waals surface area contributed by atoms with Gasteiger partial charge in [-0.2, -0.15) is 92.6 Å². The molecule has 0 aromatic carbocycles. The van der Waals surface area contributed by atoms with Gasteiger partial charge in [0.05, 0.1) is 87.3 Å². The van der Waals surface area contributed by atoms with E-state index in [1.54, 1.807) is 0 Å². The molecule has 5 atom stereocenters. The molecule has 92 heavy (non-hydrogen) atoms. The van der Waals surface area contributed by atoms with E-state index >= 15 is 0 Å². The lowest BCUT2D eigenvalue weighted by Crippen LogP contribution is -2.41. The Labute approximate surface area is 543 Å². The molecule has 0 saturated carbocycles. The molecular weight excluding hydrogens is 1460 g/mol. The molecule has 0 spiro atoms. The molecule has 0 aromatic rings. The van der Waals surface area contributed by atoms with Crippen LogP contribution < -0.4 is 0 Å². The fourth-order valence-electron chi connectivity index (χ4n) is 4.61. The Bertz CT molecular complexity index is 3820. The Morgan fingerprint density at radius 3 is 0.859 bits per heavy atom. The summed E-state index contributed by atoms with van der Waals surface area (Å²) < 4.78 is 301. The van der Waals surface area contributed by atoms with E-state index < -0.39 is 179 Å². The Hall–Kier alpha value is -4.73. The van der Waals surface area contributed by atoms with E-state index in [1.807, 2.05) is 0 Å². The van der Waals surface area contributed by atoms with E-state index in [-0.39, 0.29) is 29.4 Å². The van der Waals surface area contributed by atoms with Crippen molar-refractivity contribution in [3.63, 3.8) is 0 Å². The molecule has 0 radical (unpaired) electrons. The standard InChI is InChI=1S/C14H22O6S2.C12H18O12S4.C12H18O6S2.C10H16O9S3/c1-7-11-21(15,16)19-13(3,4)9-10-14(5,6)20-22(17,18)12-8-2;1-5-25(13,14)21-9-11(23-27(17,18)7-3)12(24-28(19,20)8-4)10-22-26(15,16)6-2;1-5-9-19(13,14)17-11(3)7-8-12(4)18-20(15,16)10-6-2;1-4-20(11,12)17-8-7-10(19-22(15,16)6-3)9-18-21(13,14)5-2/h7-8H,1-2,11-12H2,3-6H3;5-8,11-12H,1-4,9-10H2;5-6,11-12H,1-2,9-10H2,3-4H3;4-6,10H,1-3,7-9H2. The van der Waals surface area contributed by atoms with Gasteiger partial charge in [0.15, 0.2) is 0 Å². The smallest absolute Gasteiger partial charge is 0.267 e. The largest absolute Gasteiger partial charge is 0.289 e. The van der Waals surface area contributed by atoms with E-state index in [2.05, 4.69) is 125 Å². The number of hydrogen-bond acceptors (Lipinski definition) is 33. The Morgan fingerprint density at radius 2 is 0.587 bits per heavy atom. The minimum atomic E-state index is -4.52.